The molecular weight excluding hydrogens is 501 g/mol. The number of rotatable bonds is 6. The number of nitrogens with one attached hydrogen (secondary N) is 1. The van der Waals surface area contributed by atoms with Gasteiger partial charge in [-0.2, -0.15) is 0 Å². The van der Waals surface area contributed by atoms with Gasteiger partial charge in [-0.3, -0.25) is 5.32 Å². The van der Waals surface area contributed by atoms with Gasteiger partial charge >= 0.3 is 6.09 Å². The Morgan fingerprint density at radius 2 is 1.68 bits per heavy atom. The van der Waals surface area contributed by atoms with Crippen LogP contribution < -0.4 is 5.32 Å². The van der Waals surface area contributed by atoms with E-state index >= 15 is 0 Å². The van der Waals surface area contributed by atoms with Crippen molar-refractivity contribution in [1.82, 2.24) is 0 Å². The van der Waals surface area contributed by atoms with Crippen LogP contribution >= 0.6 is 0 Å². The number of benzene rings is 2. The molecule has 1 amide bonds. The van der Waals surface area contributed by atoms with Crippen LogP contribution in [0.15, 0.2) is 54.6 Å². The quantitative estimate of drug-likeness (QED) is 0.382. The molecular formula is C35H46FNO3. The number of ether oxygens (including phenoxy) is 1. The highest BCUT2D eigenvalue weighted by Gasteiger charge is 2.61. The monoisotopic (exact) mass is 547 g/mol. The van der Waals surface area contributed by atoms with Crippen LogP contribution in [0.25, 0.3) is 0 Å². The third-order valence-electron chi connectivity index (χ3n) is 12.1. The molecule has 0 radical (unpaired) electrons. The number of para-hydroxylation sites is 1. The predicted molar refractivity (Wildman–Crippen MR) is 156 cm³/mol. The first-order chi connectivity index (χ1) is 19.3. The lowest BCUT2D eigenvalue weighted by molar-refractivity contribution is -0.133. The third kappa shape index (κ3) is 5.19. The molecule has 4 saturated carbocycles. The lowest BCUT2D eigenvalue weighted by Gasteiger charge is -2.61. The van der Waals surface area contributed by atoms with E-state index < -0.39 is 0 Å². The normalized spacial score (nSPS) is 37.5. The van der Waals surface area contributed by atoms with Crippen molar-refractivity contribution in [1.29, 1.82) is 0 Å². The average molecular weight is 548 g/mol. The van der Waals surface area contributed by atoms with Gasteiger partial charge < -0.3 is 9.84 Å². The summed E-state index contributed by atoms with van der Waals surface area (Å²) in [4.78, 5) is 12.6. The number of hydrogen-bond acceptors (Lipinski definition) is 3. The molecule has 216 valence electrons. The number of hydrogen-bond donors (Lipinski definition) is 2. The van der Waals surface area contributed by atoms with E-state index in [9.17, 15) is 14.3 Å². The number of carbonyl (C=O) groups is 1. The number of aliphatic hydroxyl groups excluding tert-OH is 1. The van der Waals surface area contributed by atoms with E-state index in [0.29, 0.717) is 23.2 Å². The number of aryl methyl sites for hydroxylation is 1. The molecule has 0 aliphatic heterocycles. The maximum Gasteiger partial charge on any atom is 0.411 e. The Bertz CT molecular complexity index is 1170. The summed E-state index contributed by atoms with van der Waals surface area (Å²) in [6.45, 7) is 5.03. The molecule has 2 aromatic rings. The van der Waals surface area contributed by atoms with Crippen molar-refractivity contribution in [3.05, 3.63) is 66.0 Å². The SMILES string of the molecule is C[C@]12CC[C@H](OC(=O)Nc3ccccc3)C[C@@H]1CC[C@@H]1[C@@H]2CC[C@]2(C)[C@@H]([C@H](O)CCc3ccc(F)cc3)CC[C@@H]12. The van der Waals surface area contributed by atoms with Gasteiger partial charge in [0.25, 0.3) is 0 Å². The number of fused-ring (bicyclic) bond motifs is 5. The lowest BCUT2D eigenvalue weighted by Crippen LogP contribution is -2.54. The van der Waals surface area contributed by atoms with Crippen molar-refractivity contribution in [3.8, 4) is 0 Å². The zero-order valence-electron chi connectivity index (χ0n) is 24.2. The number of halogens is 1. The van der Waals surface area contributed by atoms with Gasteiger partial charge in [-0.15, -0.1) is 0 Å². The van der Waals surface area contributed by atoms with E-state index in [0.717, 1.165) is 61.6 Å². The first-order valence-electron chi connectivity index (χ1n) is 15.7. The summed E-state index contributed by atoms with van der Waals surface area (Å²) in [5, 5.41) is 14.3. The van der Waals surface area contributed by atoms with Crippen LogP contribution in [-0.4, -0.2) is 23.4 Å². The van der Waals surface area contributed by atoms with Crippen molar-refractivity contribution in [2.75, 3.05) is 5.32 Å². The van der Waals surface area contributed by atoms with Crippen LogP contribution in [0.1, 0.15) is 83.6 Å². The van der Waals surface area contributed by atoms with Crippen molar-refractivity contribution in [2.45, 2.75) is 96.7 Å². The molecule has 0 unspecified atom stereocenters. The number of amides is 1. The van der Waals surface area contributed by atoms with Crippen molar-refractivity contribution < 1.29 is 19.0 Å². The minimum atomic E-state index is -0.336. The molecule has 0 bridgehead atoms. The molecule has 4 fully saturated rings. The molecule has 40 heavy (non-hydrogen) atoms. The number of aliphatic hydroxyl groups is 1. The molecule has 0 heterocycles. The summed E-state index contributed by atoms with van der Waals surface area (Å²) in [5.74, 6) is 2.94. The first kappa shape index (κ1) is 27.8. The Morgan fingerprint density at radius 1 is 0.950 bits per heavy atom. The summed E-state index contributed by atoms with van der Waals surface area (Å²) in [7, 11) is 0. The summed E-state index contributed by atoms with van der Waals surface area (Å²) in [6.07, 6.45) is 11.3. The molecule has 2 aromatic carbocycles. The molecule has 0 saturated heterocycles. The minimum absolute atomic E-state index is 0.000640. The smallest absolute Gasteiger partial charge is 0.411 e. The van der Waals surface area contributed by atoms with E-state index in [1.807, 2.05) is 42.5 Å². The maximum atomic E-state index is 13.3. The summed E-state index contributed by atoms with van der Waals surface area (Å²) < 4.78 is 19.2. The second kappa shape index (κ2) is 11.1. The fourth-order valence-corrected chi connectivity index (χ4v) is 9.99. The van der Waals surface area contributed by atoms with Crippen molar-refractivity contribution >= 4 is 11.8 Å². The van der Waals surface area contributed by atoms with E-state index in [4.69, 9.17) is 4.74 Å². The van der Waals surface area contributed by atoms with Crippen LogP contribution in [0.3, 0.4) is 0 Å². The van der Waals surface area contributed by atoms with Crippen LogP contribution in [0, 0.1) is 46.2 Å². The third-order valence-corrected chi connectivity index (χ3v) is 12.1. The zero-order chi connectivity index (χ0) is 27.9. The lowest BCUT2D eigenvalue weighted by atomic mass is 9.44. The molecule has 4 aliphatic carbocycles. The van der Waals surface area contributed by atoms with Crippen LogP contribution in [0.5, 0.6) is 0 Å². The van der Waals surface area contributed by atoms with Gasteiger partial charge in [0, 0.05) is 5.69 Å². The van der Waals surface area contributed by atoms with Gasteiger partial charge in [0.15, 0.2) is 0 Å². The molecule has 2 N–H and O–H groups in total. The largest absolute Gasteiger partial charge is 0.446 e. The molecule has 5 heteroatoms. The highest BCUT2D eigenvalue weighted by molar-refractivity contribution is 5.84. The fraction of sp³-hybridized carbons (Fsp3) is 0.629. The van der Waals surface area contributed by atoms with Gasteiger partial charge in [0.1, 0.15) is 11.9 Å². The molecule has 4 nitrogen and oxygen atoms in total. The average Bonchev–Trinajstić information content (AvgIpc) is 3.30. The highest BCUT2D eigenvalue weighted by atomic mass is 19.1. The van der Waals surface area contributed by atoms with E-state index in [1.54, 1.807) is 0 Å². The Balaban J connectivity index is 1.07. The van der Waals surface area contributed by atoms with Gasteiger partial charge in [-0.1, -0.05) is 44.2 Å². The topological polar surface area (TPSA) is 58.6 Å². The highest BCUT2D eigenvalue weighted by Crippen LogP contribution is 2.68. The summed E-state index contributed by atoms with van der Waals surface area (Å²) in [6, 6.07) is 16.3. The molecule has 6 rings (SSSR count). The van der Waals surface area contributed by atoms with Crippen LogP contribution in [0.2, 0.25) is 0 Å². The summed E-state index contributed by atoms with van der Waals surface area (Å²) >= 11 is 0. The number of anilines is 1. The maximum absolute atomic E-state index is 13.3. The molecule has 4 aliphatic rings. The Hall–Kier alpha value is -2.40. The fourth-order valence-electron chi connectivity index (χ4n) is 9.99. The van der Waals surface area contributed by atoms with Crippen LogP contribution in [-0.2, 0) is 11.2 Å². The number of carbonyl (C=O) groups excluding carboxylic acids is 1. The van der Waals surface area contributed by atoms with E-state index in [-0.39, 0.29) is 29.5 Å². The van der Waals surface area contributed by atoms with Gasteiger partial charge in [-0.05, 0) is 141 Å². The standard InChI is InChI=1S/C35H46FNO3/c1-34-20-18-27(40-33(39)37-26-6-4-3-5-7-26)22-24(34)11-14-28-29-15-16-31(35(29,2)21-19-30(28)34)32(38)17-10-23-8-12-25(36)13-9-23/h3-9,12-13,24,27-32,38H,10-11,14-22H2,1-2H3,(H,37,39)/t24-,27-,28-,29-,30-,31+,32+,34-,35-/m0/s1. The van der Waals surface area contributed by atoms with Crippen LogP contribution in [0.4, 0.5) is 14.9 Å². The molecule has 0 spiro atoms. The Labute approximate surface area is 239 Å². The van der Waals surface area contributed by atoms with E-state index in [2.05, 4.69) is 19.2 Å². The molecule has 0 aromatic heterocycles. The van der Waals surface area contributed by atoms with Crippen molar-refractivity contribution in [2.24, 2.45) is 40.4 Å². The second-order valence-electron chi connectivity index (χ2n) is 13.9. The van der Waals surface area contributed by atoms with Gasteiger partial charge in [-0.25, -0.2) is 9.18 Å². The zero-order valence-corrected chi connectivity index (χ0v) is 24.2. The molecule has 9 atom stereocenters. The van der Waals surface area contributed by atoms with Gasteiger partial charge in [0.2, 0.25) is 0 Å². The summed E-state index contributed by atoms with van der Waals surface area (Å²) in [5.41, 5.74) is 2.41. The van der Waals surface area contributed by atoms with Gasteiger partial charge in [0.05, 0.1) is 6.10 Å². The second-order valence-corrected chi connectivity index (χ2v) is 13.9. The van der Waals surface area contributed by atoms with E-state index in [1.165, 1.54) is 44.2 Å². The first-order valence-corrected chi connectivity index (χ1v) is 15.7. The van der Waals surface area contributed by atoms with Crippen molar-refractivity contribution in [3.63, 3.8) is 0 Å². The Morgan fingerprint density at radius 3 is 2.45 bits per heavy atom. The minimum Gasteiger partial charge on any atom is -0.446 e. The predicted octanol–water partition coefficient (Wildman–Crippen LogP) is 8.40. The Kier molecular flexibility index (Phi) is 7.71.